The first-order valence-electron chi connectivity index (χ1n) is 5.69. The number of carbonyl (C=O) groups excluding carboxylic acids is 1. The largest absolute Gasteiger partial charge is 0.349 e. The van der Waals surface area contributed by atoms with Crippen LogP contribution in [0.1, 0.15) is 24.9 Å². The monoisotopic (exact) mass is 254 g/mol. The second kappa shape index (κ2) is 6.62. The number of halogens is 1. The fraction of sp³-hybridized carbons (Fsp3) is 0.462. The van der Waals surface area contributed by atoms with E-state index < -0.39 is 0 Å². The fourth-order valence-electron chi connectivity index (χ4n) is 1.51. The predicted molar refractivity (Wildman–Crippen MR) is 71.2 cm³/mol. The van der Waals surface area contributed by atoms with Gasteiger partial charge in [0.15, 0.2) is 0 Å². The van der Waals surface area contributed by atoms with Crippen molar-refractivity contribution >= 4 is 17.5 Å². The fourth-order valence-corrected chi connectivity index (χ4v) is 1.71. The standard InChI is InChI=1S/C13H19ClN2O/c1-10(11-5-4-6-12(14)9-11)15-8-7-13(17)16(2)3/h4-6,9-10,15H,7-8H2,1-3H3. The summed E-state index contributed by atoms with van der Waals surface area (Å²) in [6.45, 7) is 2.73. The summed E-state index contributed by atoms with van der Waals surface area (Å²) in [7, 11) is 3.53. The summed E-state index contributed by atoms with van der Waals surface area (Å²) < 4.78 is 0. The summed E-state index contributed by atoms with van der Waals surface area (Å²) in [5, 5.41) is 4.04. The van der Waals surface area contributed by atoms with Gasteiger partial charge >= 0.3 is 0 Å². The number of benzene rings is 1. The van der Waals surface area contributed by atoms with Gasteiger partial charge in [-0.1, -0.05) is 23.7 Å². The average molecular weight is 255 g/mol. The third-order valence-electron chi connectivity index (χ3n) is 2.64. The normalized spacial score (nSPS) is 12.2. The van der Waals surface area contributed by atoms with Crippen LogP contribution >= 0.6 is 11.6 Å². The Bertz CT molecular complexity index is 379. The Kier molecular flexibility index (Phi) is 5.45. The Morgan fingerprint density at radius 1 is 1.47 bits per heavy atom. The van der Waals surface area contributed by atoms with E-state index in [9.17, 15) is 4.79 Å². The van der Waals surface area contributed by atoms with E-state index in [1.807, 2.05) is 24.3 Å². The SMILES string of the molecule is CC(NCCC(=O)N(C)C)c1cccc(Cl)c1. The molecule has 0 fully saturated rings. The van der Waals surface area contributed by atoms with E-state index in [1.54, 1.807) is 19.0 Å². The van der Waals surface area contributed by atoms with Gasteiger partial charge in [0.25, 0.3) is 0 Å². The molecule has 1 aromatic carbocycles. The van der Waals surface area contributed by atoms with Crippen molar-refractivity contribution in [2.24, 2.45) is 0 Å². The highest BCUT2D eigenvalue weighted by atomic mass is 35.5. The van der Waals surface area contributed by atoms with Crippen LogP contribution in [0.25, 0.3) is 0 Å². The highest BCUT2D eigenvalue weighted by Crippen LogP contribution is 2.17. The molecule has 0 spiro atoms. The van der Waals surface area contributed by atoms with Crippen molar-refractivity contribution in [3.8, 4) is 0 Å². The summed E-state index contributed by atoms with van der Waals surface area (Å²) in [6, 6.07) is 7.95. The summed E-state index contributed by atoms with van der Waals surface area (Å²) >= 11 is 5.93. The Hall–Kier alpha value is -1.06. The van der Waals surface area contributed by atoms with E-state index >= 15 is 0 Å². The maximum Gasteiger partial charge on any atom is 0.223 e. The minimum atomic E-state index is 0.135. The molecule has 0 bridgehead atoms. The zero-order valence-electron chi connectivity index (χ0n) is 10.5. The molecule has 0 radical (unpaired) electrons. The number of nitrogens with zero attached hydrogens (tertiary/aromatic N) is 1. The first-order chi connectivity index (χ1) is 8.00. The molecule has 0 saturated heterocycles. The third kappa shape index (κ3) is 4.75. The molecule has 1 rings (SSSR count). The maximum atomic E-state index is 11.4. The molecule has 0 aliphatic heterocycles. The molecular weight excluding hydrogens is 236 g/mol. The van der Waals surface area contributed by atoms with Gasteiger partial charge in [-0.05, 0) is 24.6 Å². The van der Waals surface area contributed by atoms with Crippen LogP contribution < -0.4 is 5.32 Å². The Balaban J connectivity index is 2.40. The molecule has 1 amide bonds. The van der Waals surface area contributed by atoms with E-state index in [0.717, 1.165) is 10.6 Å². The Labute approximate surface area is 108 Å². The van der Waals surface area contributed by atoms with Crippen molar-refractivity contribution < 1.29 is 4.79 Å². The van der Waals surface area contributed by atoms with Crippen LogP contribution in [0, 0.1) is 0 Å². The van der Waals surface area contributed by atoms with Crippen LogP contribution in [0.15, 0.2) is 24.3 Å². The van der Waals surface area contributed by atoms with Crippen LogP contribution in [-0.4, -0.2) is 31.4 Å². The van der Waals surface area contributed by atoms with Crippen molar-refractivity contribution in [1.82, 2.24) is 10.2 Å². The zero-order valence-corrected chi connectivity index (χ0v) is 11.3. The molecule has 0 aliphatic carbocycles. The predicted octanol–water partition coefficient (Wildman–Crippen LogP) is 2.47. The smallest absolute Gasteiger partial charge is 0.223 e. The molecule has 4 heteroatoms. The lowest BCUT2D eigenvalue weighted by Gasteiger charge is -2.15. The van der Waals surface area contributed by atoms with E-state index in [4.69, 9.17) is 11.6 Å². The van der Waals surface area contributed by atoms with E-state index in [1.165, 1.54) is 0 Å². The lowest BCUT2D eigenvalue weighted by Crippen LogP contribution is -2.28. The molecule has 0 saturated carbocycles. The van der Waals surface area contributed by atoms with E-state index in [0.29, 0.717) is 13.0 Å². The lowest BCUT2D eigenvalue weighted by atomic mass is 10.1. The van der Waals surface area contributed by atoms with Crippen LogP contribution in [0.3, 0.4) is 0 Å². The number of carbonyl (C=O) groups is 1. The van der Waals surface area contributed by atoms with Crippen LogP contribution in [0.5, 0.6) is 0 Å². The van der Waals surface area contributed by atoms with Crippen molar-refractivity contribution in [2.45, 2.75) is 19.4 Å². The summed E-state index contributed by atoms with van der Waals surface area (Å²) in [6.07, 6.45) is 0.512. The summed E-state index contributed by atoms with van der Waals surface area (Å²) in [4.78, 5) is 13.0. The van der Waals surface area contributed by atoms with Gasteiger partial charge < -0.3 is 10.2 Å². The second-order valence-corrected chi connectivity index (χ2v) is 4.71. The molecule has 0 heterocycles. The first kappa shape index (κ1) is 14.0. The summed E-state index contributed by atoms with van der Waals surface area (Å²) in [5.41, 5.74) is 1.13. The number of rotatable bonds is 5. The Morgan fingerprint density at radius 2 is 2.18 bits per heavy atom. The molecule has 3 nitrogen and oxygen atoms in total. The van der Waals surface area contributed by atoms with Crippen molar-refractivity contribution in [2.75, 3.05) is 20.6 Å². The van der Waals surface area contributed by atoms with Gasteiger partial charge in [-0.25, -0.2) is 0 Å². The molecule has 1 unspecified atom stereocenters. The van der Waals surface area contributed by atoms with E-state index in [2.05, 4.69) is 12.2 Å². The Morgan fingerprint density at radius 3 is 2.76 bits per heavy atom. The number of hydrogen-bond donors (Lipinski definition) is 1. The van der Waals surface area contributed by atoms with Gasteiger partial charge in [0.2, 0.25) is 5.91 Å². The molecule has 1 atom stereocenters. The summed E-state index contributed by atoms with van der Waals surface area (Å²) in [5.74, 6) is 0.135. The van der Waals surface area contributed by atoms with Crippen LogP contribution in [0.4, 0.5) is 0 Å². The lowest BCUT2D eigenvalue weighted by molar-refractivity contribution is -0.128. The second-order valence-electron chi connectivity index (χ2n) is 4.27. The molecule has 1 N–H and O–H groups in total. The van der Waals surface area contributed by atoms with Gasteiger partial charge in [-0.3, -0.25) is 4.79 Å². The molecule has 0 aromatic heterocycles. The van der Waals surface area contributed by atoms with Crippen LogP contribution in [0.2, 0.25) is 5.02 Å². The number of amides is 1. The van der Waals surface area contributed by atoms with Crippen molar-refractivity contribution in [3.05, 3.63) is 34.9 Å². The highest BCUT2D eigenvalue weighted by molar-refractivity contribution is 6.30. The van der Waals surface area contributed by atoms with E-state index in [-0.39, 0.29) is 11.9 Å². The quantitative estimate of drug-likeness (QED) is 0.876. The van der Waals surface area contributed by atoms with Crippen molar-refractivity contribution in [3.63, 3.8) is 0 Å². The number of hydrogen-bond acceptors (Lipinski definition) is 2. The van der Waals surface area contributed by atoms with Gasteiger partial charge in [0.1, 0.15) is 0 Å². The molecule has 17 heavy (non-hydrogen) atoms. The molecule has 1 aromatic rings. The average Bonchev–Trinajstić information content (AvgIpc) is 2.28. The van der Waals surface area contributed by atoms with Gasteiger partial charge in [-0.15, -0.1) is 0 Å². The maximum absolute atomic E-state index is 11.4. The zero-order chi connectivity index (χ0) is 12.8. The topological polar surface area (TPSA) is 32.3 Å². The van der Waals surface area contributed by atoms with Gasteiger partial charge in [0, 0.05) is 38.1 Å². The molecule has 94 valence electrons. The minimum absolute atomic E-state index is 0.135. The third-order valence-corrected chi connectivity index (χ3v) is 2.87. The molecular formula is C13H19ClN2O. The number of nitrogens with one attached hydrogen (secondary N) is 1. The highest BCUT2D eigenvalue weighted by Gasteiger charge is 2.07. The van der Waals surface area contributed by atoms with Crippen molar-refractivity contribution in [1.29, 1.82) is 0 Å². The van der Waals surface area contributed by atoms with Crippen LogP contribution in [-0.2, 0) is 4.79 Å². The van der Waals surface area contributed by atoms with Gasteiger partial charge in [-0.2, -0.15) is 0 Å². The first-order valence-corrected chi connectivity index (χ1v) is 6.07. The minimum Gasteiger partial charge on any atom is -0.349 e. The molecule has 0 aliphatic rings. The van der Waals surface area contributed by atoms with Gasteiger partial charge in [0.05, 0.1) is 0 Å².